The highest BCUT2D eigenvalue weighted by atomic mass is 16.5. The van der Waals surface area contributed by atoms with Crippen LogP contribution in [-0.4, -0.2) is 29.5 Å². The van der Waals surface area contributed by atoms with Gasteiger partial charge in [-0.2, -0.15) is 5.10 Å². The topological polar surface area (TPSA) is 39.1 Å². The van der Waals surface area contributed by atoms with Gasteiger partial charge in [0, 0.05) is 19.2 Å². The van der Waals surface area contributed by atoms with Crippen molar-refractivity contribution < 1.29 is 4.74 Å². The van der Waals surface area contributed by atoms with Gasteiger partial charge in [-0.3, -0.25) is 0 Å². The predicted molar refractivity (Wildman–Crippen MR) is 62.2 cm³/mol. The number of ether oxygens (including phenoxy) is 1. The second-order valence-corrected chi connectivity index (χ2v) is 3.92. The largest absolute Gasteiger partial charge is 0.383 e. The zero-order valence-electron chi connectivity index (χ0n) is 10.0. The summed E-state index contributed by atoms with van der Waals surface area (Å²) in [4.78, 5) is 0. The third kappa shape index (κ3) is 3.23. The van der Waals surface area contributed by atoms with Crippen molar-refractivity contribution in [1.29, 1.82) is 0 Å². The van der Waals surface area contributed by atoms with Crippen LogP contribution >= 0.6 is 0 Å². The van der Waals surface area contributed by atoms with E-state index in [1.165, 1.54) is 0 Å². The molecule has 0 amide bonds. The summed E-state index contributed by atoms with van der Waals surface area (Å²) >= 11 is 0. The number of nitrogens with one attached hydrogen (secondary N) is 1. The Morgan fingerprint density at radius 3 is 2.87 bits per heavy atom. The Labute approximate surface area is 91.6 Å². The molecule has 0 aromatic carbocycles. The van der Waals surface area contributed by atoms with Crippen LogP contribution < -0.4 is 5.32 Å². The molecule has 1 aromatic heterocycles. The lowest BCUT2D eigenvalue weighted by Crippen LogP contribution is -2.23. The molecule has 0 fully saturated rings. The van der Waals surface area contributed by atoms with Crippen LogP contribution in [0.2, 0.25) is 0 Å². The second kappa shape index (κ2) is 5.75. The van der Waals surface area contributed by atoms with Gasteiger partial charge in [0.1, 0.15) is 5.82 Å². The molecule has 1 heterocycles. The van der Waals surface area contributed by atoms with E-state index >= 15 is 0 Å². The smallest absolute Gasteiger partial charge is 0.124 e. The van der Waals surface area contributed by atoms with Gasteiger partial charge in [0.2, 0.25) is 0 Å². The first kappa shape index (κ1) is 12.0. The molecule has 0 aliphatic heterocycles. The van der Waals surface area contributed by atoms with Gasteiger partial charge < -0.3 is 10.1 Å². The summed E-state index contributed by atoms with van der Waals surface area (Å²) in [5, 5.41) is 7.70. The maximum atomic E-state index is 5.09. The Morgan fingerprint density at radius 1 is 1.53 bits per heavy atom. The Balaban J connectivity index is 2.64. The number of nitrogens with zero attached hydrogens (tertiary/aromatic N) is 2. The minimum atomic E-state index is 0.300. The molecule has 86 valence electrons. The van der Waals surface area contributed by atoms with E-state index in [1.807, 2.05) is 16.9 Å². The lowest BCUT2D eigenvalue weighted by atomic mass is 10.2. The Kier molecular flexibility index (Phi) is 4.62. The van der Waals surface area contributed by atoms with Gasteiger partial charge in [-0.25, -0.2) is 4.68 Å². The predicted octanol–water partition coefficient (Wildman–Crippen LogP) is 2.30. The third-order valence-electron chi connectivity index (χ3n) is 2.49. The highest BCUT2D eigenvalue weighted by Crippen LogP contribution is 2.16. The molecule has 2 unspecified atom stereocenters. The molecule has 1 N–H and O–H groups in total. The summed E-state index contributed by atoms with van der Waals surface area (Å²) in [5.74, 6) is 1.06. The Morgan fingerprint density at radius 2 is 2.27 bits per heavy atom. The van der Waals surface area contributed by atoms with Crippen LogP contribution in [0, 0.1) is 0 Å². The SMILES string of the molecule is CCC(C)n1nccc1NC(C)COC. The molecule has 0 saturated heterocycles. The molecule has 0 radical (unpaired) electrons. The molecular formula is C11H21N3O. The van der Waals surface area contributed by atoms with Crippen molar-refractivity contribution in [1.82, 2.24) is 9.78 Å². The zero-order valence-corrected chi connectivity index (χ0v) is 10.0. The number of rotatable bonds is 6. The van der Waals surface area contributed by atoms with E-state index in [4.69, 9.17) is 4.74 Å². The number of hydrogen-bond acceptors (Lipinski definition) is 3. The average Bonchev–Trinajstić information content (AvgIpc) is 2.65. The van der Waals surface area contributed by atoms with Crippen LogP contribution in [-0.2, 0) is 4.74 Å². The minimum absolute atomic E-state index is 0.300. The standard InChI is InChI=1S/C11H21N3O/c1-5-10(3)14-11(6-7-12-14)13-9(2)8-15-4/h6-7,9-10,13H,5,8H2,1-4H3. The average molecular weight is 211 g/mol. The minimum Gasteiger partial charge on any atom is -0.383 e. The molecule has 4 nitrogen and oxygen atoms in total. The molecule has 0 aliphatic rings. The summed E-state index contributed by atoms with van der Waals surface area (Å²) in [5.41, 5.74) is 0. The molecule has 1 aromatic rings. The lowest BCUT2D eigenvalue weighted by molar-refractivity contribution is 0.190. The van der Waals surface area contributed by atoms with E-state index in [0.717, 1.165) is 12.2 Å². The van der Waals surface area contributed by atoms with Gasteiger partial charge in [-0.05, 0) is 20.3 Å². The first-order valence-electron chi connectivity index (χ1n) is 5.48. The molecular weight excluding hydrogens is 190 g/mol. The molecule has 0 spiro atoms. The highest BCUT2D eigenvalue weighted by Gasteiger charge is 2.10. The Bertz CT molecular complexity index is 285. The summed E-state index contributed by atoms with van der Waals surface area (Å²) in [6.45, 7) is 7.12. The van der Waals surface area contributed by atoms with Crippen LogP contribution in [0.5, 0.6) is 0 Å². The van der Waals surface area contributed by atoms with Crippen LogP contribution in [0.25, 0.3) is 0 Å². The van der Waals surface area contributed by atoms with Gasteiger partial charge in [0.25, 0.3) is 0 Å². The van der Waals surface area contributed by atoms with Crippen LogP contribution in [0.3, 0.4) is 0 Å². The monoisotopic (exact) mass is 211 g/mol. The summed E-state index contributed by atoms with van der Waals surface area (Å²) < 4.78 is 7.11. The maximum absolute atomic E-state index is 5.09. The lowest BCUT2D eigenvalue weighted by Gasteiger charge is -2.18. The van der Waals surface area contributed by atoms with Gasteiger partial charge >= 0.3 is 0 Å². The van der Waals surface area contributed by atoms with E-state index in [-0.39, 0.29) is 0 Å². The van der Waals surface area contributed by atoms with E-state index in [0.29, 0.717) is 18.7 Å². The van der Waals surface area contributed by atoms with Gasteiger partial charge in [-0.1, -0.05) is 6.92 Å². The summed E-state index contributed by atoms with van der Waals surface area (Å²) in [6.07, 6.45) is 2.91. The van der Waals surface area contributed by atoms with E-state index in [9.17, 15) is 0 Å². The van der Waals surface area contributed by atoms with Crippen molar-refractivity contribution in [3.05, 3.63) is 12.3 Å². The normalized spacial score (nSPS) is 14.9. The molecule has 15 heavy (non-hydrogen) atoms. The van der Waals surface area contributed by atoms with Gasteiger partial charge in [-0.15, -0.1) is 0 Å². The first-order valence-corrected chi connectivity index (χ1v) is 5.48. The quantitative estimate of drug-likeness (QED) is 0.784. The molecule has 4 heteroatoms. The van der Waals surface area contributed by atoms with Crippen LogP contribution in [0.1, 0.15) is 33.2 Å². The van der Waals surface area contributed by atoms with Crippen molar-refractivity contribution >= 4 is 5.82 Å². The summed E-state index contributed by atoms with van der Waals surface area (Å²) in [6, 6.07) is 2.73. The van der Waals surface area contributed by atoms with E-state index in [1.54, 1.807) is 7.11 Å². The zero-order chi connectivity index (χ0) is 11.3. The van der Waals surface area contributed by atoms with Crippen molar-refractivity contribution in [3.63, 3.8) is 0 Å². The van der Waals surface area contributed by atoms with Crippen LogP contribution in [0.4, 0.5) is 5.82 Å². The number of anilines is 1. The fourth-order valence-corrected chi connectivity index (χ4v) is 1.50. The molecule has 1 rings (SSSR count). The van der Waals surface area contributed by atoms with E-state index in [2.05, 4.69) is 31.2 Å². The van der Waals surface area contributed by atoms with E-state index < -0.39 is 0 Å². The fourth-order valence-electron chi connectivity index (χ4n) is 1.50. The van der Waals surface area contributed by atoms with Crippen molar-refractivity contribution in [2.75, 3.05) is 19.0 Å². The number of hydrogen-bond donors (Lipinski definition) is 1. The number of aromatic nitrogens is 2. The number of methoxy groups -OCH3 is 1. The van der Waals surface area contributed by atoms with Crippen molar-refractivity contribution in [3.8, 4) is 0 Å². The van der Waals surface area contributed by atoms with Crippen LogP contribution in [0.15, 0.2) is 12.3 Å². The molecule has 0 aliphatic carbocycles. The fraction of sp³-hybridized carbons (Fsp3) is 0.727. The highest BCUT2D eigenvalue weighted by molar-refractivity contribution is 5.35. The first-order chi connectivity index (χ1) is 7.19. The maximum Gasteiger partial charge on any atom is 0.124 e. The van der Waals surface area contributed by atoms with Gasteiger partial charge in [0.15, 0.2) is 0 Å². The molecule has 0 bridgehead atoms. The third-order valence-corrected chi connectivity index (χ3v) is 2.49. The molecule has 0 saturated carbocycles. The second-order valence-electron chi connectivity index (χ2n) is 3.92. The van der Waals surface area contributed by atoms with Crippen molar-refractivity contribution in [2.24, 2.45) is 0 Å². The van der Waals surface area contributed by atoms with Crippen molar-refractivity contribution in [2.45, 2.75) is 39.3 Å². The Hall–Kier alpha value is -1.03. The summed E-state index contributed by atoms with van der Waals surface area (Å²) in [7, 11) is 1.71. The molecule has 2 atom stereocenters. The van der Waals surface area contributed by atoms with Gasteiger partial charge in [0.05, 0.1) is 18.8 Å².